The molecule has 0 aromatic heterocycles. The van der Waals surface area contributed by atoms with Gasteiger partial charge in [-0.15, -0.1) is 0 Å². The monoisotopic (exact) mass is 407 g/mol. The minimum Gasteiger partial charge on any atom is -0.486 e. The highest BCUT2D eigenvalue weighted by atomic mass is 79.9. The van der Waals surface area contributed by atoms with Gasteiger partial charge in [0.25, 0.3) is 0 Å². The third kappa shape index (κ3) is 3.99. The smallest absolute Gasteiger partial charge is 0.225 e. The van der Waals surface area contributed by atoms with Crippen molar-refractivity contribution in [2.24, 2.45) is 0 Å². The lowest BCUT2D eigenvalue weighted by Gasteiger charge is -2.21. The van der Waals surface area contributed by atoms with E-state index in [0.29, 0.717) is 41.3 Å². The van der Waals surface area contributed by atoms with Crippen LogP contribution in [0.3, 0.4) is 0 Å². The molecule has 2 aromatic rings. The fourth-order valence-corrected chi connectivity index (χ4v) is 2.80. The normalized spacial score (nSPS) is 12.6. The van der Waals surface area contributed by atoms with Gasteiger partial charge in [-0.1, -0.05) is 15.9 Å². The molecule has 7 heteroatoms. The van der Waals surface area contributed by atoms with Crippen molar-refractivity contribution in [1.29, 1.82) is 0 Å². The minimum atomic E-state index is -0.426. The molecule has 0 radical (unpaired) electrons. The Hall–Kier alpha value is -2.41. The van der Waals surface area contributed by atoms with Gasteiger partial charge in [-0.2, -0.15) is 0 Å². The number of hydrogen-bond donors (Lipinski definition) is 1. The van der Waals surface area contributed by atoms with E-state index in [2.05, 4.69) is 21.2 Å². The van der Waals surface area contributed by atoms with Crippen LogP contribution in [0.4, 0.5) is 10.1 Å². The minimum absolute atomic E-state index is 0.235. The highest BCUT2D eigenvalue weighted by Crippen LogP contribution is 2.36. The van der Waals surface area contributed by atoms with Crippen LogP contribution >= 0.6 is 15.9 Å². The summed E-state index contributed by atoms with van der Waals surface area (Å²) in [5.74, 6) is -0.0938. The van der Waals surface area contributed by atoms with Gasteiger partial charge in [0.1, 0.15) is 19.0 Å². The Balaban J connectivity index is 2.01. The average Bonchev–Trinajstić information content (AvgIpc) is 2.61. The molecule has 0 spiro atoms. The van der Waals surface area contributed by atoms with Crippen molar-refractivity contribution >= 4 is 33.3 Å². The lowest BCUT2D eigenvalue weighted by molar-refractivity contribution is -0.115. The molecule has 0 unspecified atom stereocenters. The Morgan fingerprint density at radius 3 is 2.36 bits per heavy atom. The quantitative estimate of drug-likeness (QED) is 0.607. The summed E-state index contributed by atoms with van der Waals surface area (Å²) in [7, 11) is 0. The molecule has 0 fully saturated rings. The Morgan fingerprint density at radius 1 is 1.08 bits per heavy atom. The number of ether oxygens (including phenoxy) is 2. The first kappa shape index (κ1) is 17.4. The molecule has 1 aliphatic rings. The molecular weight excluding hydrogens is 393 g/mol. The third-order valence-corrected chi connectivity index (χ3v) is 4.03. The molecule has 1 N–H and O–H groups in total. The van der Waals surface area contributed by atoms with Gasteiger partial charge in [0, 0.05) is 23.4 Å². The number of ketones is 1. The second kappa shape index (κ2) is 7.65. The summed E-state index contributed by atoms with van der Waals surface area (Å²) in [6, 6.07) is 8.36. The van der Waals surface area contributed by atoms with Gasteiger partial charge in [0.15, 0.2) is 17.3 Å². The van der Waals surface area contributed by atoms with Crippen LogP contribution in [0.5, 0.6) is 11.5 Å². The predicted octanol–water partition coefficient (Wildman–Crippen LogP) is 3.55. The predicted molar refractivity (Wildman–Crippen MR) is 94.3 cm³/mol. The van der Waals surface area contributed by atoms with Crippen molar-refractivity contribution in [3.63, 3.8) is 0 Å². The van der Waals surface area contributed by atoms with Gasteiger partial charge >= 0.3 is 0 Å². The molecule has 3 rings (SSSR count). The van der Waals surface area contributed by atoms with Crippen LogP contribution in [0, 0.1) is 5.82 Å². The maximum atomic E-state index is 13.1. The fourth-order valence-electron chi connectivity index (χ4n) is 2.44. The molecule has 1 amide bonds. The number of nitrogens with one attached hydrogen (secondary N) is 1. The molecule has 1 heterocycles. The van der Waals surface area contributed by atoms with E-state index in [-0.39, 0.29) is 23.7 Å². The van der Waals surface area contributed by atoms with E-state index in [4.69, 9.17) is 9.47 Å². The van der Waals surface area contributed by atoms with Crippen molar-refractivity contribution in [2.45, 2.75) is 6.42 Å². The first-order valence-corrected chi connectivity index (χ1v) is 8.80. The van der Waals surface area contributed by atoms with Crippen LogP contribution in [-0.2, 0) is 4.79 Å². The summed E-state index contributed by atoms with van der Waals surface area (Å²) in [6.07, 6.45) is 0.263. The molecule has 5 nitrogen and oxygen atoms in total. The van der Waals surface area contributed by atoms with E-state index >= 15 is 0 Å². The van der Waals surface area contributed by atoms with Crippen LogP contribution in [0.15, 0.2) is 36.4 Å². The molecular formula is C18H15BrFNO4. The Bertz CT molecular complexity index is 807. The van der Waals surface area contributed by atoms with Crippen LogP contribution < -0.4 is 14.8 Å². The summed E-state index contributed by atoms with van der Waals surface area (Å²) in [6.45, 7) is 0.777. The summed E-state index contributed by atoms with van der Waals surface area (Å²) >= 11 is 3.21. The SMILES string of the molecule is O=C(CCBr)Nc1cc2c(cc1C(=O)c1ccc(F)cc1)OCCO2. The van der Waals surface area contributed by atoms with Crippen LogP contribution in [-0.4, -0.2) is 30.2 Å². The van der Waals surface area contributed by atoms with E-state index in [1.54, 1.807) is 12.1 Å². The van der Waals surface area contributed by atoms with Gasteiger partial charge in [-0.3, -0.25) is 9.59 Å². The molecule has 0 aliphatic carbocycles. The van der Waals surface area contributed by atoms with E-state index in [1.807, 2.05) is 0 Å². The van der Waals surface area contributed by atoms with Crippen LogP contribution in [0.2, 0.25) is 0 Å². The van der Waals surface area contributed by atoms with Gasteiger partial charge in [-0.05, 0) is 30.3 Å². The molecule has 0 saturated heterocycles. The fraction of sp³-hybridized carbons (Fsp3) is 0.222. The molecule has 130 valence electrons. The largest absolute Gasteiger partial charge is 0.486 e. The number of rotatable bonds is 5. The van der Waals surface area contributed by atoms with Crippen molar-refractivity contribution < 1.29 is 23.5 Å². The summed E-state index contributed by atoms with van der Waals surface area (Å²) in [4.78, 5) is 24.8. The standard InChI is InChI=1S/C18H15BrFNO4/c19-6-5-17(22)21-14-10-16-15(24-7-8-25-16)9-13(14)18(23)11-1-3-12(20)4-2-11/h1-4,9-10H,5-8H2,(H,21,22). The van der Waals surface area contributed by atoms with Crippen LogP contribution in [0.25, 0.3) is 0 Å². The zero-order valence-electron chi connectivity index (χ0n) is 13.2. The third-order valence-electron chi connectivity index (χ3n) is 3.63. The second-order valence-electron chi connectivity index (χ2n) is 5.36. The first-order valence-electron chi connectivity index (χ1n) is 7.68. The maximum Gasteiger partial charge on any atom is 0.225 e. The Morgan fingerprint density at radius 2 is 1.72 bits per heavy atom. The molecule has 1 aliphatic heterocycles. The number of hydrogen-bond acceptors (Lipinski definition) is 4. The number of carbonyl (C=O) groups excluding carboxylic acids is 2. The zero-order chi connectivity index (χ0) is 17.8. The lowest BCUT2D eigenvalue weighted by Crippen LogP contribution is -2.19. The lowest BCUT2D eigenvalue weighted by atomic mass is 10.0. The van der Waals surface area contributed by atoms with Gasteiger partial charge in [0.05, 0.1) is 11.3 Å². The summed E-state index contributed by atoms with van der Waals surface area (Å²) in [5.41, 5.74) is 0.914. The van der Waals surface area contributed by atoms with E-state index in [1.165, 1.54) is 24.3 Å². The van der Waals surface area contributed by atoms with Crippen molar-refractivity contribution in [3.05, 3.63) is 53.3 Å². The highest BCUT2D eigenvalue weighted by Gasteiger charge is 2.22. The van der Waals surface area contributed by atoms with E-state index < -0.39 is 5.82 Å². The first-order chi connectivity index (χ1) is 12.1. The van der Waals surface area contributed by atoms with Crippen molar-refractivity contribution in [1.82, 2.24) is 0 Å². The number of halogens is 2. The molecule has 0 atom stereocenters. The molecule has 25 heavy (non-hydrogen) atoms. The average molecular weight is 408 g/mol. The highest BCUT2D eigenvalue weighted by molar-refractivity contribution is 9.09. The molecule has 0 bridgehead atoms. The summed E-state index contributed by atoms with van der Waals surface area (Å²) < 4.78 is 24.1. The number of alkyl halides is 1. The number of amides is 1. The topological polar surface area (TPSA) is 64.6 Å². The number of carbonyl (C=O) groups is 2. The Kier molecular flexibility index (Phi) is 5.33. The van der Waals surface area contributed by atoms with Crippen molar-refractivity contribution in [2.75, 3.05) is 23.9 Å². The van der Waals surface area contributed by atoms with E-state index in [9.17, 15) is 14.0 Å². The number of anilines is 1. The zero-order valence-corrected chi connectivity index (χ0v) is 14.8. The van der Waals surface area contributed by atoms with Gasteiger partial charge in [0.2, 0.25) is 5.91 Å². The number of benzene rings is 2. The Labute approximate surface area is 152 Å². The number of fused-ring (bicyclic) bond motifs is 1. The van der Waals surface area contributed by atoms with Crippen molar-refractivity contribution in [3.8, 4) is 11.5 Å². The molecule has 0 saturated carbocycles. The van der Waals surface area contributed by atoms with Gasteiger partial charge in [-0.25, -0.2) is 4.39 Å². The van der Waals surface area contributed by atoms with Gasteiger partial charge < -0.3 is 14.8 Å². The maximum absolute atomic E-state index is 13.1. The van der Waals surface area contributed by atoms with E-state index in [0.717, 1.165) is 0 Å². The second-order valence-corrected chi connectivity index (χ2v) is 6.16. The van der Waals surface area contributed by atoms with Crippen LogP contribution in [0.1, 0.15) is 22.3 Å². The summed E-state index contributed by atoms with van der Waals surface area (Å²) in [5, 5.41) is 3.23. The molecule has 2 aromatic carbocycles.